The molecule has 110 valence electrons. The van der Waals surface area contributed by atoms with E-state index in [0.29, 0.717) is 5.54 Å². The molecule has 1 saturated heterocycles. The van der Waals surface area contributed by atoms with Crippen LogP contribution in [0.25, 0.3) is 0 Å². The van der Waals surface area contributed by atoms with Crippen molar-refractivity contribution in [2.24, 2.45) is 5.92 Å². The SMILES string of the molecule is CCCC[C@H]1C(=O)O[C@@H](C)[C@@H]1[Si](C)(C)c1ccccc1. The monoisotopic (exact) mass is 290 g/mol. The summed E-state index contributed by atoms with van der Waals surface area (Å²) in [5.74, 6) is 0.138. The van der Waals surface area contributed by atoms with Crippen LogP contribution >= 0.6 is 0 Å². The van der Waals surface area contributed by atoms with Crippen molar-refractivity contribution < 1.29 is 9.53 Å². The largest absolute Gasteiger partial charge is 0.462 e. The number of ether oxygens (including phenoxy) is 1. The summed E-state index contributed by atoms with van der Waals surface area (Å²) in [6.07, 6.45) is 3.29. The maximum Gasteiger partial charge on any atom is 0.309 e. The highest BCUT2D eigenvalue weighted by Gasteiger charge is 2.50. The van der Waals surface area contributed by atoms with Gasteiger partial charge in [-0.15, -0.1) is 0 Å². The molecule has 0 radical (unpaired) electrons. The summed E-state index contributed by atoms with van der Waals surface area (Å²) < 4.78 is 5.59. The third-order valence-corrected chi connectivity index (χ3v) is 9.12. The first kappa shape index (κ1) is 15.3. The van der Waals surface area contributed by atoms with E-state index in [1.807, 2.05) is 0 Å². The van der Waals surface area contributed by atoms with Crippen LogP contribution < -0.4 is 5.19 Å². The minimum atomic E-state index is -1.71. The fraction of sp³-hybridized carbons (Fsp3) is 0.588. The molecule has 1 aromatic carbocycles. The third kappa shape index (κ3) is 2.83. The molecule has 1 aromatic rings. The molecular weight excluding hydrogens is 264 g/mol. The van der Waals surface area contributed by atoms with Crippen LogP contribution in [0.4, 0.5) is 0 Å². The third-order valence-electron chi connectivity index (χ3n) is 4.76. The molecule has 20 heavy (non-hydrogen) atoms. The van der Waals surface area contributed by atoms with Gasteiger partial charge in [0, 0.05) is 5.54 Å². The standard InChI is InChI=1S/C17H26O2Si/c1-5-6-12-15-16(13(2)19-17(15)18)20(3,4)14-10-8-7-9-11-14/h7-11,13,15-16H,5-6,12H2,1-4H3/t13-,15+,16-/m0/s1. The summed E-state index contributed by atoms with van der Waals surface area (Å²) in [5, 5.41) is 1.43. The minimum Gasteiger partial charge on any atom is -0.462 e. The Labute approximate surface area is 123 Å². The first-order valence-electron chi connectivity index (χ1n) is 7.74. The van der Waals surface area contributed by atoms with Crippen molar-refractivity contribution in [3.8, 4) is 0 Å². The predicted octanol–water partition coefficient (Wildman–Crippen LogP) is 3.72. The maximum absolute atomic E-state index is 12.2. The van der Waals surface area contributed by atoms with E-state index in [1.165, 1.54) is 5.19 Å². The van der Waals surface area contributed by atoms with Gasteiger partial charge in [0.25, 0.3) is 0 Å². The molecule has 2 nitrogen and oxygen atoms in total. The highest BCUT2D eigenvalue weighted by atomic mass is 28.3. The number of cyclic esters (lactones) is 1. The summed E-state index contributed by atoms with van der Waals surface area (Å²) >= 11 is 0. The zero-order chi connectivity index (χ0) is 14.8. The molecular formula is C17H26O2Si. The van der Waals surface area contributed by atoms with Gasteiger partial charge in [-0.2, -0.15) is 0 Å². The van der Waals surface area contributed by atoms with Crippen LogP contribution in [0.5, 0.6) is 0 Å². The van der Waals surface area contributed by atoms with E-state index >= 15 is 0 Å². The molecule has 0 bridgehead atoms. The quantitative estimate of drug-likeness (QED) is 0.610. The zero-order valence-corrected chi connectivity index (χ0v) is 14.1. The number of carbonyl (C=O) groups is 1. The lowest BCUT2D eigenvalue weighted by molar-refractivity contribution is -0.143. The van der Waals surface area contributed by atoms with Gasteiger partial charge >= 0.3 is 5.97 Å². The van der Waals surface area contributed by atoms with Crippen LogP contribution in [0.1, 0.15) is 33.1 Å². The van der Waals surface area contributed by atoms with Gasteiger partial charge in [-0.1, -0.05) is 68.4 Å². The van der Waals surface area contributed by atoms with Crippen LogP contribution in [0, 0.1) is 5.92 Å². The van der Waals surface area contributed by atoms with Crippen molar-refractivity contribution in [2.75, 3.05) is 0 Å². The van der Waals surface area contributed by atoms with E-state index in [9.17, 15) is 4.79 Å². The molecule has 0 N–H and O–H groups in total. The molecule has 2 rings (SSSR count). The summed E-state index contributed by atoms with van der Waals surface area (Å²) in [6.45, 7) is 9.01. The first-order chi connectivity index (χ1) is 9.48. The number of hydrogen-bond acceptors (Lipinski definition) is 2. The second kappa shape index (κ2) is 6.13. The molecule has 0 unspecified atom stereocenters. The Balaban J connectivity index is 2.29. The minimum absolute atomic E-state index is 0.0347. The Morgan fingerprint density at radius 1 is 1.20 bits per heavy atom. The van der Waals surface area contributed by atoms with Crippen LogP contribution in [0.15, 0.2) is 30.3 Å². The first-order valence-corrected chi connectivity index (χ1v) is 10.8. The lowest BCUT2D eigenvalue weighted by Gasteiger charge is -2.34. The topological polar surface area (TPSA) is 26.3 Å². The maximum atomic E-state index is 12.2. The molecule has 0 spiro atoms. The average Bonchev–Trinajstić information content (AvgIpc) is 2.72. The molecule has 0 aliphatic carbocycles. The van der Waals surface area contributed by atoms with Crippen LogP contribution in [-0.4, -0.2) is 20.1 Å². The van der Waals surface area contributed by atoms with Gasteiger partial charge in [-0.05, 0) is 13.3 Å². The molecule has 1 aliphatic rings. The van der Waals surface area contributed by atoms with Gasteiger partial charge in [-0.3, -0.25) is 4.79 Å². The van der Waals surface area contributed by atoms with Gasteiger partial charge in [0.05, 0.1) is 14.0 Å². The summed E-state index contributed by atoms with van der Waals surface area (Å²) in [4.78, 5) is 12.2. The Bertz CT molecular complexity index is 455. The van der Waals surface area contributed by atoms with Crippen LogP contribution in [0.3, 0.4) is 0 Å². The highest BCUT2D eigenvalue weighted by molar-refractivity contribution is 6.91. The Morgan fingerprint density at radius 2 is 1.85 bits per heavy atom. The predicted molar refractivity (Wildman–Crippen MR) is 85.9 cm³/mol. The van der Waals surface area contributed by atoms with Crippen molar-refractivity contribution in [1.82, 2.24) is 0 Å². The smallest absolute Gasteiger partial charge is 0.309 e. The van der Waals surface area contributed by atoms with Crippen molar-refractivity contribution in [1.29, 1.82) is 0 Å². The Hall–Kier alpha value is -1.09. The second-order valence-electron chi connectivity index (χ2n) is 6.50. The number of unbranched alkanes of at least 4 members (excludes halogenated alkanes) is 1. The van der Waals surface area contributed by atoms with E-state index in [4.69, 9.17) is 4.74 Å². The van der Waals surface area contributed by atoms with E-state index in [-0.39, 0.29) is 18.0 Å². The van der Waals surface area contributed by atoms with E-state index in [0.717, 1.165) is 19.3 Å². The van der Waals surface area contributed by atoms with Gasteiger partial charge in [-0.25, -0.2) is 0 Å². The van der Waals surface area contributed by atoms with E-state index in [2.05, 4.69) is 57.3 Å². The fourth-order valence-corrected chi connectivity index (χ4v) is 7.68. The van der Waals surface area contributed by atoms with Gasteiger partial charge in [0.15, 0.2) is 0 Å². The Morgan fingerprint density at radius 3 is 2.45 bits per heavy atom. The van der Waals surface area contributed by atoms with Crippen molar-refractivity contribution in [3.05, 3.63) is 30.3 Å². The molecule has 0 amide bonds. The lowest BCUT2D eigenvalue weighted by Crippen LogP contribution is -2.50. The molecule has 0 saturated carbocycles. The van der Waals surface area contributed by atoms with E-state index in [1.54, 1.807) is 0 Å². The molecule has 3 heteroatoms. The zero-order valence-electron chi connectivity index (χ0n) is 13.1. The fourth-order valence-electron chi connectivity index (χ4n) is 3.69. The summed E-state index contributed by atoms with van der Waals surface area (Å²) in [7, 11) is -1.71. The second-order valence-corrected chi connectivity index (χ2v) is 11.2. The number of hydrogen-bond donors (Lipinski definition) is 0. The summed E-state index contributed by atoms with van der Waals surface area (Å²) in [5.41, 5.74) is 0.393. The van der Waals surface area contributed by atoms with Crippen molar-refractivity contribution in [3.63, 3.8) is 0 Å². The highest BCUT2D eigenvalue weighted by Crippen LogP contribution is 2.43. The molecule has 0 aromatic heterocycles. The van der Waals surface area contributed by atoms with Crippen molar-refractivity contribution in [2.45, 2.75) is 57.8 Å². The number of carbonyl (C=O) groups excluding carboxylic acids is 1. The van der Waals surface area contributed by atoms with Gasteiger partial charge in [0.1, 0.15) is 6.10 Å². The van der Waals surface area contributed by atoms with Crippen LogP contribution in [0.2, 0.25) is 18.6 Å². The number of benzene rings is 1. The molecule has 3 atom stereocenters. The molecule has 1 fully saturated rings. The number of rotatable bonds is 5. The molecule has 1 aliphatic heterocycles. The molecule has 1 heterocycles. The summed E-state index contributed by atoms with van der Waals surface area (Å²) in [6, 6.07) is 10.7. The average molecular weight is 290 g/mol. The Kier molecular flexibility index (Phi) is 4.69. The normalized spacial score (nSPS) is 26.6. The number of esters is 1. The van der Waals surface area contributed by atoms with Crippen LogP contribution in [-0.2, 0) is 9.53 Å². The van der Waals surface area contributed by atoms with E-state index < -0.39 is 8.07 Å². The van der Waals surface area contributed by atoms with Gasteiger partial charge < -0.3 is 4.74 Å². The lowest BCUT2D eigenvalue weighted by atomic mass is 9.98. The van der Waals surface area contributed by atoms with Gasteiger partial charge in [0.2, 0.25) is 0 Å². The van der Waals surface area contributed by atoms with Crippen molar-refractivity contribution >= 4 is 19.2 Å².